The van der Waals surface area contributed by atoms with Crippen molar-refractivity contribution in [2.75, 3.05) is 0 Å². The monoisotopic (exact) mass is 464 g/mol. The van der Waals surface area contributed by atoms with E-state index in [1.807, 2.05) is 12.3 Å². The minimum atomic E-state index is -1.51. The number of hydrogen-bond acceptors (Lipinski definition) is 1. The fourth-order valence-corrected chi connectivity index (χ4v) is 6.74. The van der Waals surface area contributed by atoms with Crippen LogP contribution < -0.4 is 24.8 Å². The molecule has 121 valence electrons. The first kappa shape index (κ1) is 21.0. The van der Waals surface area contributed by atoms with Gasteiger partial charge in [0.15, 0.2) is 0 Å². The van der Waals surface area contributed by atoms with E-state index in [1.54, 1.807) is 0 Å². The fraction of sp³-hybridized carbons (Fsp3) is 0.235. The van der Waals surface area contributed by atoms with Gasteiger partial charge in [0.1, 0.15) is 0 Å². The molecule has 0 fully saturated rings. The molecular formula is C17H17BrCl2CrNSi. The molecule has 23 heavy (non-hydrogen) atoms. The van der Waals surface area contributed by atoms with Crippen molar-refractivity contribution < 1.29 is 41.1 Å². The van der Waals surface area contributed by atoms with Crippen LogP contribution in [0.2, 0.25) is 13.1 Å². The molecule has 6 heteroatoms. The van der Waals surface area contributed by atoms with E-state index in [4.69, 9.17) is 0 Å². The van der Waals surface area contributed by atoms with Gasteiger partial charge in [-0.2, -0.15) is 0 Å². The normalized spacial score (nSPS) is 20.3. The van der Waals surface area contributed by atoms with E-state index in [-0.39, 0.29) is 29.1 Å². The van der Waals surface area contributed by atoms with E-state index in [1.165, 1.54) is 21.7 Å². The Morgan fingerprint density at radius 3 is 2.35 bits per heavy atom. The fourth-order valence-electron chi connectivity index (χ4n) is 2.98. The van der Waals surface area contributed by atoms with Crippen LogP contribution in [0.5, 0.6) is 0 Å². The Balaban J connectivity index is 0.00000132. The summed E-state index contributed by atoms with van der Waals surface area (Å²) in [5, 5.41) is 2.65. The maximum Gasteiger partial charge on any atom is -1.00 e. The first-order valence-electron chi connectivity index (χ1n) is 6.98. The summed E-state index contributed by atoms with van der Waals surface area (Å²) in [4.78, 5) is 4.60. The van der Waals surface area contributed by atoms with E-state index in [0.29, 0.717) is 0 Å². The van der Waals surface area contributed by atoms with Crippen LogP contribution in [-0.4, -0.2) is 11.7 Å². The minimum absolute atomic E-state index is 0. The number of rotatable bonds is 2. The quantitative estimate of drug-likeness (QED) is 0.410. The van der Waals surface area contributed by atoms with Crippen LogP contribution in [-0.2, 0) is 20.6 Å². The maximum absolute atomic E-state index is 4.60. The zero-order valence-corrected chi connectivity index (χ0v) is 18.5. The largest absolute Gasteiger partial charge is 1.00 e. The Bertz CT molecular complexity index is 780. The van der Waals surface area contributed by atoms with E-state index in [9.17, 15) is 0 Å². The molecule has 0 spiro atoms. The van der Waals surface area contributed by atoms with Gasteiger partial charge < -0.3 is 24.8 Å². The average Bonchev–Trinajstić information content (AvgIpc) is 2.74. The van der Waals surface area contributed by atoms with Crippen LogP contribution in [0.15, 0.2) is 59.5 Å². The molecule has 0 saturated heterocycles. The molecule has 0 saturated carbocycles. The molecule has 1 heterocycles. The number of hydrogen-bond donors (Lipinski definition) is 0. The van der Waals surface area contributed by atoms with Crippen LogP contribution in [0.3, 0.4) is 0 Å². The molecule has 1 atom stereocenters. The summed E-state index contributed by atoms with van der Waals surface area (Å²) in [5.41, 5.74) is 3.69. The summed E-state index contributed by atoms with van der Waals surface area (Å²) < 4.78 is -0.189. The van der Waals surface area contributed by atoms with Gasteiger partial charge in [0.05, 0.1) is 0 Å². The summed E-state index contributed by atoms with van der Waals surface area (Å²) in [6.07, 6.45) is 6.59. The topological polar surface area (TPSA) is 12.9 Å². The minimum Gasteiger partial charge on any atom is -1.00 e. The third-order valence-corrected chi connectivity index (χ3v) is 7.72. The molecule has 1 unspecified atom stereocenters. The summed E-state index contributed by atoms with van der Waals surface area (Å²) >= 11 is 7.32. The molecule has 2 aromatic rings. The first-order chi connectivity index (χ1) is 9.81. The molecule has 0 N–H and O–H groups in total. The summed E-state index contributed by atoms with van der Waals surface area (Å²) in [7, 11) is 0. The second-order valence-electron chi connectivity index (χ2n) is 6.03. The van der Waals surface area contributed by atoms with Crippen molar-refractivity contribution >= 4 is 32.9 Å². The Kier molecular flexibility index (Phi) is 6.78. The van der Waals surface area contributed by atoms with Gasteiger partial charge >= 0.3 is 143 Å². The zero-order chi connectivity index (χ0) is 15.3. The second kappa shape index (κ2) is 7.43. The number of halogens is 3. The average molecular weight is 466 g/mol. The number of aromatic nitrogens is 1. The Labute approximate surface area is 167 Å². The van der Waals surface area contributed by atoms with E-state index < -0.39 is 6.69 Å². The van der Waals surface area contributed by atoms with Crippen molar-refractivity contribution in [3.05, 3.63) is 65.0 Å². The number of benzene rings is 1. The van der Waals surface area contributed by atoms with Crippen molar-refractivity contribution in [2.45, 2.75) is 24.3 Å². The van der Waals surface area contributed by atoms with Gasteiger partial charge in [-0.05, 0) is 0 Å². The van der Waals surface area contributed by atoms with Crippen molar-refractivity contribution in [2.24, 2.45) is 0 Å². The molecule has 1 aromatic heterocycles. The molecular weight excluding hydrogens is 449 g/mol. The molecule has 1 aromatic carbocycles. The van der Waals surface area contributed by atoms with Crippen LogP contribution >= 0.6 is 15.3 Å². The Morgan fingerprint density at radius 1 is 1.09 bits per heavy atom. The Morgan fingerprint density at radius 2 is 1.74 bits per heavy atom. The predicted molar refractivity (Wildman–Crippen MR) is 91.7 cm³/mol. The standard InChI is InChI=1S/C17H17BrNSi.2ClH.Cr/c1-12-10-14(11-16(12)20(2,3)18)15-8-4-6-13-7-5-9-19-17(13)15;;;/h4-11H,1-3H3;2*1H;/q;;;+2/p-2. The van der Waals surface area contributed by atoms with Crippen LogP contribution in [0.25, 0.3) is 10.9 Å². The zero-order valence-electron chi connectivity index (χ0n) is 13.1. The SMILES string of the molecule is CC1=C[C]([Cr+2])(c2cccc3cccnc23)C=C1[Si](C)(C)Br.[Cl-].[Cl-]. The molecule has 1 nitrogen and oxygen atoms in total. The number of allylic oxidation sites excluding steroid dienone is 4. The first-order valence-corrected chi connectivity index (χ1v) is 12.9. The van der Waals surface area contributed by atoms with Crippen molar-refractivity contribution in [1.29, 1.82) is 0 Å². The number of nitrogens with zero attached hydrogens (tertiary/aromatic N) is 1. The number of fused-ring (bicyclic) bond motifs is 1. The second-order valence-corrected chi connectivity index (χ2v) is 16.5. The van der Waals surface area contributed by atoms with Gasteiger partial charge in [-0.25, -0.2) is 0 Å². The Hall–Kier alpha value is -0.0806. The van der Waals surface area contributed by atoms with Gasteiger partial charge in [0, 0.05) is 0 Å². The summed E-state index contributed by atoms with van der Waals surface area (Å²) in [6.45, 7) is 5.34. The van der Waals surface area contributed by atoms with Crippen molar-refractivity contribution in [3.63, 3.8) is 0 Å². The summed E-state index contributed by atoms with van der Waals surface area (Å²) in [5.74, 6) is 0. The van der Waals surface area contributed by atoms with E-state index in [0.717, 1.165) is 5.52 Å². The molecule has 3 rings (SSSR count). The third-order valence-electron chi connectivity index (χ3n) is 3.91. The molecule has 0 bridgehead atoms. The molecule has 0 amide bonds. The van der Waals surface area contributed by atoms with Gasteiger partial charge in [-0.1, -0.05) is 0 Å². The van der Waals surface area contributed by atoms with Crippen LogP contribution in [0.1, 0.15) is 12.5 Å². The van der Waals surface area contributed by atoms with Crippen LogP contribution in [0, 0.1) is 0 Å². The molecule has 0 aliphatic heterocycles. The maximum atomic E-state index is 4.60. The smallest absolute Gasteiger partial charge is 1.00 e. The van der Waals surface area contributed by atoms with Gasteiger partial charge in [-0.15, -0.1) is 0 Å². The molecule has 1 aliphatic rings. The van der Waals surface area contributed by atoms with Gasteiger partial charge in [0.25, 0.3) is 0 Å². The number of pyridine rings is 1. The van der Waals surface area contributed by atoms with E-state index >= 15 is 0 Å². The number of para-hydroxylation sites is 1. The van der Waals surface area contributed by atoms with Gasteiger partial charge in [0.2, 0.25) is 0 Å². The third kappa shape index (κ3) is 3.95. The predicted octanol–water partition coefficient (Wildman–Crippen LogP) is -0.990. The van der Waals surface area contributed by atoms with E-state index in [2.05, 4.69) is 93.0 Å². The van der Waals surface area contributed by atoms with Crippen LogP contribution in [0.4, 0.5) is 0 Å². The molecule has 1 aliphatic carbocycles. The van der Waals surface area contributed by atoms with Crippen molar-refractivity contribution in [3.8, 4) is 0 Å². The van der Waals surface area contributed by atoms with Crippen molar-refractivity contribution in [1.82, 2.24) is 4.98 Å². The van der Waals surface area contributed by atoms with Gasteiger partial charge in [-0.3, -0.25) is 0 Å². The molecule has 0 radical (unpaired) electrons. The summed E-state index contributed by atoms with van der Waals surface area (Å²) in [6, 6.07) is 10.5.